The molecule has 4 aliphatic rings. The summed E-state index contributed by atoms with van der Waals surface area (Å²) in [5.41, 5.74) is 0.278. The topological polar surface area (TPSA) is 60.7 Å². The molecule has 0 saturated heterocycles. The lowest BCUT2D eigenvalue weighted by Crippen LogP contribution is -2.58. The standard InChI is InChI=1S/C20H34O3/c1-11-8-15-17-14(5-7-20(15,3)18(11)23)19(2)6-4-13(21)9-12(19)10-16(17)22/h11-18,21-23H,4-10H2,1-3H3/t11-,12+,13+,14?,15?,16?,17?,18+,19+,20+/m1/s1. The van der Waals surface area contributed by atoms with E-state index in [1.54, 1.807) is 0 Å². The van der Waals surface area contributed by atoms with Gasteiger partial charge in [-0.05, 0) is 85.4 Å². The van der Waals surface area contributed by atoms with E-state index in [0.29, 0.717) is 29.6 Å². The molecule has 23 heavy (non-hydrogen) atoms. The summed E-state index contributed by atoms with van der Waals surface area (Å²) >= 11 is 0. The SMILES string of the molecule is C[C@@H]1CC2C3C(O)C[C@@H]4C[C@@H](O)CC[C@]4(C)C3CC[C@]2(C)[C@H]1O. The molecule has 3 nitrogen and oxygen atoms in total. The van der Waals surface area contributed by atoms with Gasteiger partial charge in [0.25, 0.3) is 0 Å². The lowest BCUT2D eigenvalue weighted by atomic mass is 9.44. The molecule has 0 aliphatic heterocycles. The van der Waals surface area contributed by atoms with Gasteiger partial charge in [0.2, 0.25) is 0 Å². The van der Waals surface area contributed by atoms with Gasteiger partial charge >= 0.3 is 0 Å². The largest absolute Gasteiger partial charge is 0.393 e. The van der Waals surface area contributed by atoms with E-state index >= 15 is 0 Å². The Balaban J connectivity index is 1.68. The van der Waals surface area contributed by atoms with Crippen LogP contribution in [0.1, 0.15) is 65.7 Å². The van der Waals surface area contributed by atoms with Crippen molar-refractivity contribution >= 4 is 0 Å². The summed E-state index contributed by atoms with van der Waals surface area (Å²) in [5, 5.41) is 31.9. The summed E-state index contributed by atoms with van der Waals surface area (Å²) < 4.78 is 0. The first-order valence-corrected chi connectivity index (χ1v) is 9.81. The molecule has 0 radical (unpaired) electrons. The molecule has 4 rings (SSSR count). The van der Waals surface area contributed by atoms with Crippen LogP contribution < -0.4 is 0 Å². The molecule has 0 bridgehead atoms. The third kappa shape index (κ3) is 2.12. The molecule has 3 N–H and O–H groups in total. The van der Waals surface area contributed by atoms with Crippen LogP contribution in [0.4, 0.5) is 0 Å². The summed E-state index contributed by atoms with van der Waals surface area (Å²) in [5.74, 6) is 2.21. The smallest absolute Gasteiger partial charge is 0.0622 e. The normalized spacial score (nSPS) is 62.3. The van der Waals surface area contributed by atoms with E-state index in [0.717, 1.165) is 44.9 Å². The van der Waals surface area contributed by atoms with E-state index in [1.165, 1.54) is 0 Å². The van der Waals surface area contributed by atoms with Crippen LogP contribution in [-0.2, 0) is 0 Å². The zero-order valence-electron chi connectivity index (χ0n) is 14.9. The zero-order chi connectivity index (χ0) is 16.6. The summed E-state index contributed by atoms with van der Waals surface area (Å²) in [6, 6.07) is 0. The molecule has 4 aliphatic carbocycles. The van der Waals surface area contributed by atoms with E-state index in [-0.39, 0.29) is 29.1 Å². The van der Waals surface area contributed by atoms with Crippen molar-refractivity contribution in [2.45, 2.75) is 84.0 Å². The van der Waals surface area contributed by atoms with Gasteiger partial charge in [0.15, 0.2) is 0 Å². The van der Waals surface area contributed by atoms with Gasteiger partial charge in [-0.1, -0.05) is 20.8 Å². The van der Waals surface area contributed by atoms with Crippen molar-refractivity contribution in [3.63, 3.8) is 0 Å². The van der Waals surface area contributed by atoms with Gasteiger partial charge in [0.05, 0.1) is 18.3 Å². The van der Waals surface area contributed by atoms with Crippen LogP contribution in [0.15, 0.2) is 0 Å². The molecule has 4 saturated carbocycles. The number of hydrogen-bond acceptors (Lipinski definition) is 3. The molecule has 132 valence electrons. The maximum absolute atomic E-state index is 11.0. The Hall–Kier alpha value is -0.120. The van der Waals surface area contributed by atoms with Crippen molar-refractivity contribution in [3.8, 4) is 0 Å². The first-order valence-electron chi connectivity index (χ1n) is 9.81. The summed E-state index contributed by atoms with van der Waals surface area (Å²) in [4.78, 5) is 0. The van der Waals surface area contributed by atoms with Gasteiger partial charge in [-0.3, -0.25) is 0 Å². The van der Waals surface area contributed by atoms with Crippen LogP contribution in [0.25, 0.3) is 0 Å². The Morgan fingerprint density at radius 3 is 2.26 bits per heavy atom. The van der Waals surface area contributed by atoms with Gasteiger partial charge in [0, 0.05) is 0 Å². The maximum atomic E-state index is 11.0. The second-order valence-electron chi connectivity index (χ2n) is 9.93. The molecule has 4 unspecified atom stereocenters. The average molecular weight is 322 g/mol. The van der Waals surface area contributed by atoms with E-state index in [9.17, 15) is 15.3 Å². The van der Waals surface area contributed by atoms with Gasteiger partial charge in [-0.2, -0.15) is 0 Å². The molecule has 0 spiro atoms. The van der Waals surface area contributed by atoms with Crippen molar-refractivity contribution in [3.05, 3.63) is 0 Å². The molecule has 10 atom stereocenters. The Kier molecular flexibility index (Phi) is 3.69. The summed E-state index contributed by atoms with van der Waals surface area (Å²) in [6.07, 6.45) is 6.44. The second kappa shape index (κ2) is 5.19. The molecule has 0 amide bonds. The van der Waals surface area contributed by atoms with Crippen LogP contribution in [0, 0.1) is 40.4 Å². The number of hydrogen-bond donors (Lipinski definition) is 3. The molecule has 0 heterocycles. The molecular formula is C20H34O3. The Morgan fingerprint density at radius 1 is 0.826 bits per heavy atom. The van der Waals surface area contributed by atoms with Crippen LogP contribution >= 0.6 is 0 Å². The lowest BCUT2D eigenvalue weighted by molar-refractivity contribution is -0.177. The fourth-order valence-corrected chi connectivity index (χ4v) is 7.54. The highest BCUT2D eigenvalue weighted by molar-refractivity contribution is 5.12. The molecule has 0 aromatic rings. The minimum absolute atomic E-state index is 0.00105. The Morgan fingerprint density at radius 2 is 1.52 bits per heavy atom. The number of rotatable bonds is 0. The summed E-state index contributed by atoms with van der Waals surface area (Å²) in [6.45, 7) is 6.89. The number of fused-ring (bicyclic) bond motifs is 5. The van der Waals surface area contributed by atoms with Gasteiger partial charge in [-0.25, -0.2) is 0 Å². The quantitative estimate of drug-likeness (QED) is 0.642. The average Bonchev–Trinajstić information content (AvgIpc) is 2.73. The van der Waals surface area contributed by atoms with Crippen molar-refractivity contribution in [2.24, 2.45) is 40.4 Å². The third-order valence-electron chi connectivity index (χ3n) is 8.93. The lowest BCUT2D eigenvalue weighted by Gasteiger charge is -2.61. The minimum atomic E-state index is -0.245. The van der Waals surface area contributed by atoms with Crippen LogP contribution in [0.3, 0.4) is 0 Å². The first kappa shape index (κ1) is 16.4. The molecule has 4 fully saturated rings. The Bertz CT molecular complexity index is 480. The predicted octanol–water partition coefficient (Wildman–Crippen LogP) is 2.97. The van der Waals surface area contributed by atoms with Gasteiger partial charge < -0.3 is 15.3 Å². The second-order valence-corrected chi connectivity index (χ2v) is 9.93. The van der Waals surface area contributed by atoms with Crippen molar-refractivity contribution in [1.82, 2.24) is 0 Å². The van der Waals surface area contributed by atoms with E-state index in [2.05, 4.69) is 20.8 Å². The zero-order valence-corrected chi connectivity index (χ0v) is 14.9. The monoisotopic (exact) mass is 322 g/mol. The van der Waals surface area contributed by atoms with Crippen molar-refractivity contribution in [2.75, 3.05) is 0 Å². The molecule has 0 aromatic carbocycles. The highest BCUT2D eigenvalue weighted by Gasteiger charge is 2.63. The van der Waals surface area contributed by atoms with Crippen LogP contribution in [-0.4, -0.2) is 33.6 Å². The highest BCUT2D eigenvalue weighted by atomic mass is 16.3. The van der Waals surface area contributed by atoms with Gasteiger partial charge in [-0.15, -0.1) is 0 Å². The third-order valence-corrected chi connectivity index (χ3v) is 8.93. The molecule has 3 heteroatoms. The number of aliphatic hydroxyl groups is 3. The minimum Gasteiger partial charge on any atom is -0.393 e. The Labute approximate surface area is 140 Å². The van der Waals surface area contributed by atoms with E-state index in [1.807, 2.05) is 0 Å². The summed E-state index contributed by atoms with van der Waals surface area (Å²) in [7, 11) is 0. The molecular weight excluding hydrogens is 288 g/mol. The van der Waals surface area contributed by atoms with Crippen LogP contribution in [0.2, 0.25) is 0 Å². The van der Waals surface area contributed by atoms with Crippen LogP contribution in [0.5, 0.6) is 0 Å². The molecule has 0 aromatic heterocycles. The highest BCUT2D eigenvalue weighted by Crippen LogP contribution is 2.66. The fourth-order valence-electron chi connectivity index (χ4n) is 7.54. The number of aliphatic hydroxyl groups excluding tert-OH is 3. The van der Waals surface area contributed by atoms with Gasteiger partial charge in [0.1, 0.15) is 0 Å². The van der Waals surface area contributed by atoms with E-state index in [4.69, 9.17) is 0 Å². The van der Waals surface area contributed by atoms with Crippen molar-refractivity contribution < 1.29 is 15.3 Å². The van der Waals surface area contributed by atoms with Crippen molar-refractivity contribution in [1.29, 1.82) is 0 Å². The maximum Gasteiger partial charge on any atom is 0.0622 e. The predicted molar refractivity (Wildman–Crippen MR) is 89.7 cm³/mol. The van der Waals surface area contributed by atoms with E-state index < -0.39 is 0 Å². The fraction of sp³-hybridized carbons (Fsp3) is 1.00. The first-order chi connectivity index (χ1) is 10.8.